The number of hydrogen-bond acceptors (Lipinski definition) is 18. The lowest BCUT2D eigenvalue weighted by Crippen LogP contribution is -2.66. The largest absolute Gasteiger partial charge is 0.394 e. The van der Waals surface area contributed by atoms with Crippen LogP contribution < -0.4 is 5.32 Å². The molecule has 0 radical (unpaired) electrons. The van der Waals surface area contributed by atoms with Crippen LogP contribution >= 0.6 is 0 Å². The number of carbonyl (C=O) groups is 1. The van der Waals surface area contributed by atoms with Crippen LogP contribution in [0.1, 0.15) is 58.8 Å². The lowest BCUT2D eigenvalue weighted by Gasteiger charge is -2.48. The lowest BCUT2D eigenvalue weighted by molar-refractivity contribution is -0.379. The second-order valence-electron chi connectivity index (χ2n) is 13.3. The molecule has 17 atom stereocenters. The first kappa shape index (κ1) is 44.9. The van der Waals surface area contributed by atoms with Gasteiger partial charge in [0.25, 0.3) is 0 Å². The number of carbonyl (C=O) groups excluding carboxylic acids is 1. The molecule has 3 fully saturated rings. The first-order valence-corrected chi connectivity index (χ1v) is 17.9. The number of aliphatic hydroxyl groups excluding tert-OH is 11. The first-order valence-electron chi connectivity index (χ1n) is 17.9. The Balaban J connectivity index is 1.63. The second-order valence-corrected chi connectivity index (χ2v) is 13.3. The van der Waals surface area contributed by atoms with E-state index in [-0.39, 0.29) is 18.9 Å². The fraction of sp³-hybridized carbons (Fsp3) is 0.909. The highest BCUT2D eigenvalue weighted by atomic mass is 16.8. The van der Waals surface area contributed by atoms with Crippen molar-refractivity contribution in [2.24, 2.45) is 0 Å². The molecule has 0 aliphatic carbocycles. The predicted octanol–water partition coefficient (Wildman–Crippen LogP) is -4.38. The Labute approximate surface area is 302 Å². The van der Waals surface area contributed by atoms with Crippen molar-refractivity contribution in [1.82, 2.24) is 5.32 Å². The van der Waals surface area contributed by atoms with Crippen LogP contribution in [-0.2, 0) is 33.2 Å². The van der Waals surface area contributed by atoms with E-state index in [4.69, 9.17) is 28.4 Å². The molecule has 3 heterocycles. The van der Waals surface area contributed by atoms with Gasteiger partial charge in [0.05, 0.1) is 38.6 Å². The summed E-state index contributed by atoms with van der Waals surface area (Å²) in [5.74, 6) is -0.373. The molecular formula is C33H59NO18. The van der Waals surface area contributed by atoms with Gasteiger partial charge < -0.3 is 89.9 Å². The van der Waals surface area contributed by atoms with Gasteiger partial charge >= 0.3 is 0 Å². The molecule has 52 heavy (non-hydrogen) atoms. The van der Waals surface area contributed by atoms with Gasteiger partial charge in [-0.15, -0.1) is 0 Å². The molecule has 0 saturated carbocycles. The van der Waals surface area contributed by atoms with Crippen molar-refractivity contribution in [2.75, 3.05) is 26.4 Å². The van der Waals surface area contributed by atoms with Gasteiger partial charge in [-0.3, -0.25) is 4.79 Å². The normalized spacial score (nSPS) is 39.8. The van der Waals surface area contributed by atoms with Crippen molar-refractivity contribution in [3.8, 4) is 0 Å². The van der Waals surface area contributed by atoms with Crippen molar-refractivity contribution < 1.29 is 89.4 Å². The topological polar surface area (TPSA) is 307 Å². The van der Waals surface area contributed by atoms with E-state index >= 15 is 0 Å². The molecule has 304 valence electrons. The van der Waals surface area contributed by atoms with E-state index in [1.807, 2.05) is 6.08 Å². The third kappa shape index (κ3) is 11.8. The molecular weight excluding hydrogens is 698 g/mol. The molecule has 1 amide bonds. The summed E-state index contributed by atoms with van der Waals surface area (Å²) < 4.78 is 33.4. The molecule has 0 aromatic carbocycles. The molecule has 3 aliphatic heterocycles. The van der Waals surface area contributed by atoms with Crippen molar-refractivity contribution in [3.05, 3.63) is 12.2 Å². The quantitative estimate of drug-likeness (QED) is 0.0412. The third-order valence-corrected chi connectivity index (χ3v) is 9.40. The summed E-state index contributed by atoms with van der Waals surface area (Å²) >= 11 is 0. The second kappa shape index (κ2) is 22.2. The number of rotatable bonds is 20. The number of allylic oxidation sites excluding steroid dienone is 1. The Morgan fingerprint density at radius 1 is 0.673 bits per heavy atom. The Morgan fingerprint density at radius 2 is 1.17 bits per heavy atom. The summed E-state index contributed by atoms with van der Waals surface area (Å²) in [6.45, 7) is 0.974. The van der Waals surface area contributed by atoms with Gasteiger partial charge in [0.15, 0.2) is 18.9 Å². The Kier molecular flexibility index (Phi) is 19.2. The molecule has 3 rings (SSSR count). The van der Waals surface area contributed by atoms with Crippen molar-refractivity contribution >= 4 is 5.91 Å². The Bertz CT molecular complexity index is 1050. The van der Waals surface area contributed by atoms with E-state index in [0.29, 0.717) is 0 Å². The number of ether oxygens (including phenoxy) is 6. The Hall–Kier alpha value is -1.47. The van der Waals surface area contributed by atoms with Crippen LogP contribution in [-0.4, -0.2) is 193 Å². The maximum Gasteiger partial charge on any atom is 0.220 e. The average molecular weight is 758 g/mol. The Morgan fingerprint density at radius 3 is 1.71 bits per heavy atom. The third-order valence-electron chi connectivity index (χ3n) is 9.40. The van der Waals surface area contributed by atoms with Crippen LogP contribution in [0.15, 0.2) is 12.2 Å². The van der Waals surface area contributed by atoms with Crippen LogP contribution in [0.2, 0.25) is 0 Å². The molecule has 19 heteroatoms. The molecule has 17 unspecified atom stereocenters. The summed E-state index contributed by atoms with van der Waals surface area (Å²) in [7, 11) is 0. The van der Waals surface area contributed by atoms with Crippen LogP contribution in [0, 0.1) is 0 Å². The zero-order chi connectivity index (χ0) is 38.5. The highest BCUT2D eigenvalue weighted by molar-refractivity contribution is 5.75. The minimum absolute atomic E-state index is 0.124. The van der Waals surface area contributed by atoms with Gasteiger partial charge in [0.2, 0.25) is 5.91 Å². The van der Waals surface area contributed by atoms with Gasteiger partial charge in [0, 0.05) is 6.42 Å². The molecule has 3 aliphatic rings. The number of hydrogen-bond donors (Lipinski definition) is 12. The monoisotopic (exact) mass is 757 g/mol. The number of nitrogens with one attached hydrogen (secondary N) is 1. The minimum atomic E-state index is -1.97. The van der Waals surface area contributed by atoms with Gasteiger partial charge in [-0.2, -0.15) is 0 Å². The van der Waals surface area contributed by atoms with E-state index in [1.54, 1.807) is 13.0 Å². The number of unbranched alkanes of at least 4 members (excludes halogenated alkanes) is 5. The van der Waals surface area contributed by atoms with Crippen LogP contribution in [0.5, 0.6) is 0 Å². The van der Waals surface area contributed by atoms with E-state index in [0.717, 1.165) is 38.5 Å². The average Bonchev–Trinajstić information content (AvgIpc) is 3.14. The summed E-state index contributed by atoms with van der Waals surface area (Å²) in [5, 5.41) is 117. The van der Waals surface area contributed by atoms with Crippen molar-refractivity contribution in [1.29, 1.82) is 0 Å². The van der Waals surface area contributed by atoms with Gasteiger partial charge in [-0.05, 0) is 12.8 Å². The summed E-state index contributed by atoms with van der Waals surface area (Å²) in [5.41, 5.74) is 0. The number of amides is 1. The van der Waals surface area contributed by atoms with Crippen molar-refractivity contribution in [3.63, 3.8) is 0 Å². The highest BCUT2D eigenvalue weighted by Gasteiger charge is 2.53. The minimum Gasteiger partial charge on any atom is -0.394 e. The van der Waals surface area contributed by atoms with E-state index < -0.39 is 124 Å². The van der Waals surface area contributed by atoms with Crippen LogP contribution in [0.4, 0.5) is 0 Å². The number of aliphatic hydroxyl groups is 11. The maximum atomic E-state index is 12.2. The molecule has 3 saturated heterocycles. The van der Waals surface area contributed by atoms with Crippen molar-refractivity contribution in [2.45, 2.75) is 163 Å². The smallest absolute Gasteiger partial charge is 0.220 e. The standard InChI is InChI=1S/C33H59NO18/c1-3-5-6-7-8-9-10-11-17(38)16(34-21(39)4-2)15-47-31-27(45)24(42)29(19(13-36)49-31)52-33-28(46)25(43)30(20(14-37)50-33)51-32-26(44)23(41)22(40)18(12-35)48-32/h10-11,16-20,22-33,35-38,40-46H,3-9,12-15H2,1-2H3,(H,34,39)/b11-10+. The molecule has 0 aromatic rings. The summed E-state index contributed by atoms with van der Waals surface area (Å²) in [6.07, 6.45) is -17.1. The molecule has 19 nitrogen and oxygen atoms in total. The van der Waals surface area contributed by atoms with Gasteiger partial charge in [-0.25, -0.2) is 0 Å². The predicted molar refractivity (Wildman–Crippen MR) is 176 cm³/mol. The van der Waals surface area contributed by atoms with E-state index in [1.165, 1.54) is 0 Å². The van der Waals surface area contributed by atoms with Crippen LogP contribution in [0.3, 0.4) is 0 Å². The molecule has 0 aromatic heterocycles. The maximum absolute atomic E-state index is 12.2. The molecule has 0 spiro atoms. The van der Waals surface area contributed by atoms with Crippen LogP contribution in [0.25, 0.3) is 0 Å². The zero-order valence-electron chi connectivity index (χ0n) is 29.5. The first-order chi connectivity index (χ1) is 24.8. The van der Waals surface area contributed by atoms with E-state index in [2.05, 4.69) is 12.2 Å². The fourth-order valence-electron chi connectivity index (χ4n) is 6.15. The lowest BCUT2D eigenvalue weighted by atomic mass is 9.96. The SMILES string of the molecule is CCCCCCC/C=C/C(O)C(COC1OC(CO)C(OC2OC(CO)C(OC3OC(CO)C(O)C(O)C3O)C(O)C2O)C(O)C1O)NC(=O)CC. The zero-order valence-corrected chi connectivity index (χ0v) is 29.5. The van der Waals surface area contributed by atoms with Gasteiger partial charge in [0.1, 0.15) is 73.2 Å². The van der Waals surface area contributed by atoms with Gasteiger partial charge in [-0.1, -0.05) is 51.7 Å². The summed E-state index contributed by atoms with van der Waals surface area (Å²) in [6, 6.07) is -0.959. The highest BCUT2D eigenvalue weighted by Crippen LogP contribution is 2.32. The van der Waals surface area contributed by atoms with E-state index in [9.17, 15) is 61.0 Å². The molecule has 0 bridgehead atoms. The fourth-order valence-corrected chi connectivity index (χ4v) is 6.15. The molecule has 12 N–H and O–H groups in total. The summed E-state index contributed by atoms with van der Waals surface area (Å²) in [4.78, 5) is 12.2.